The third-order valence-corrected chi connectivity index (χ3v) is 5.82. The van der Waals surface area contributed by atoms with Crippen molar-refractivity contribution in [3.8, 4) is 0 Å². The van der Waals surface area contributed by atoms with E-state index in [9.17, 15) is 18.8 Å². The number of hydrogen-bond donors (Lipinski definition) is 1. The molecule has 0 unspecified atom stereocenters. The largest absolute Gasteiger partial charge is 0.445 e. The Morgan fingerprint density at radius 3 is 2.83 bits per heavy atom. The molecule has 10 nitrogen and oxygen atoms in total. The number of amides is 3. The van der Waals surface area contributed by atoms with E-state index >= 15 is 0 Å². The van der Waals surface area contributed by atoms with Crippen molar-refractivity contribution in [2.24, 2.45) is 0 Å². The molecule has 0 spiro atoms. The molecule has 0 aliphatic carbocycles. The first-order valence-corrected chi connectivity index (χ1v) is 11.7. The topological polar surface area (TPSA) is 111 Å². The van der Waals surface area contributed by atoms with Gasteiger partial charge >= 0.3 is 6.09 Å². The van der Waals surface area contributed by atoms with Gasteiger partial charge in [0.15, 0.2) is 11.4 Å². The van der Waals surface area contributed by atoms with Crippen LogP contribution in [0, 0.1) is 5.82 Å². The van der Waals surface area contributed by atoms with E-state index in [-0.39, 0.29) is 42.5 Å². The number of likely N-dealkylation sites (tertiary alicyclic amines) is 1. The number of ether oxygens (including phenoxy) is 3. The first-order chi connectivity index (χ1) is 17.3. The third kappa shape index (κ3) is 6.23. The number of benzene rings is 1. The minimum atomic E-state index is -0.939. The summed E-state index contributed by atoms with van der Waals surface area (Å²) in [7, 11) is 0. The number of anilines is 2. The maximum absolute atomic E-state index is 14.7. The first kappa shape index (κ1) is 25.7. The van der Waals surface area contributed by atoms with Gasteiger partial charge in [0.05, 0.1) is 24.9 Å². The fraction of sp³-hybridized carbons (Fsp3) is 0.375. The van der Waals surface area contributed by atoms with Gasteiger partial charge in [0.1, 0.15) is 18.2 Å². The van der Waals surface area contributed by atoms with E-state index in [1.54, 1.807) is 12.1 Å². The SMILES string of the molecule is CCO[C@@H]1C[C@@H](OC(=O)Nc2ccc(N3CCOCC3=O)cc2F)N(C(=O)C=Cc2ccc(Cl)o2)C1. The summed E-state index contributed by atoms with van der Waals surface area (Å²) in [6.07, 6.45) is 0.801. The lowest BCUT2D eigenvalue weighted by Crippen LogP contribution is -2.41. The van der Waals surface area contributed by atoms with Crippen molar-refractivity contribution in [1.82, 2.24) is 4.90 Å². The van der Waals surface area contributed by atoms with E-state index in [0.29, 0.717) is 31.2 Å². The molecule has 0 saturated carbocycles. The summed E-state index contributed by atoms with van der Waals surface area (Å²) in [5.41, 5.74) is 0.229. The number of morpholine rings is 1. The standard InChI is InChI=1S/C24H25ClFN3O7/c1-2-34-17-12-23(29(13-17)21(30)8-5-16-4-7-20(25)35-16)36-24(32)27-19-6-3-15(11-18(19)26)28-9-10-33-14-22(28)31/h3-8,11,17,23H,2,9-10,12-14H2,1H3,(H,27,32)/t17-,23-/m1/s1. The third-order valence-electron chi connectivity index (χ3n) is 5.61. The molecule has 0 bridgehead atoms. The van der Waals surface area contributed by atoms with E-state index < -0.39 is 24.0 Å². The zero-order valence-corrected chi connectivity index (χ0v) is 20.2. The number of carbonyl (C=O) groups excluding carboxylic acids is 3. The van der Waals surface area contributed by atoms with Crippen molar-refractivity contribution in [3.63, 3.8) is 0 Å². The molecule has 2 aliphatic rings. The number of carbonyl (C=O) groups is 3. The lowest BCUT2D eigenvalue weighted by molar-refractivity contribution is -0.132. The molecule has 1 aromatic carbocycles. The van der Waals surface area contributed by atoms with Crippen LogP contribution in [0.4, 0.5) is 20.6 Å². The average molecular weight is 522 g/mol. The number of rotatable bonds is 7. The summed E-state index contributed by atoms with van der Waals surface area (Å²) in [5, 5.41) is 2.54. The fourth-order valence-corrected chi connectivity index (χ4v) is 4.11. The van der Waals surface area contributed by atoms with E-state index in [4.69, 9.17) is 30.2 Å². The maximum atomic E-state index is 14.7. The number of nitrogens with zero attached hydrogens (tertiary/aromatic N) is 2. The average Bonchev–Trinajstić information content (AvgIpc) is 3.45. The summed E-state index contributed by atoms with van der Waals surface area (Å²) in [4.78, 5) is 40.1. The number of halogens is 2. The van der Waals surface area contributed by atoms with Crippen LogP contribution >= 0.6 is 11.6 Å². The predicted molar refractivity (Wildman–Crippen MR) is 128 cm³/mol. The molecule has 3 amide bonds. The Hall–Kier alpha value is -3.41. The molecule has 12 heteroatoms. The smallest absolute Gasteiger partial charge is 0.413 e. The van der Waals surface area contributed by atoms with Crippen molar-refractivity contribution in [1.29, 1.82) is 0 Å². The second-order valence-electron chi connectivity index (χ2n) is 8.03. The highest BCUT2D eigenvalue weighted by atomic mass is 35.5. The molecule has 1 N–H and O–H groups in total. The maximum Gasteiger partial charge on any atom is 0.413 e. The van der Waals surface area contributed by atoms with Crippen LogP contribution in [-0.4, -0.2) is 68.0 Å². The quantitative estimate of drug-likeness (QED) is 0.553. The number of nitrogens with one attached hydrogen (secondary N) is 1. The molecule has 2 aliphatic heterocycles. The predicted octanol–water partition coefficient (Wildman–Crippen LogP) is 3.66. The van der Waals surface area contributed by atoms with Crippen LogP contribution in [0.5, 0.6) is 0 Å². The normalized spacial score (nSPS) is 20.2. The van der Waals surface area contributed by atoms with Crippen molar-refractivity contribution >= 4 is 47.0 Å². The zero-order valence-electron chi connectivity index (χ0n) is 19.4. The van der Waals surface area contributed by atoms with E-state index in [2.05, 4.69) is 5.32 Å². The van der Waals surface area contributed by atoms with Gasteiger partial charge in [-0.05, 0) is 54.9 Å². The van der Waals surface area contributed by atoms with Crippen LogP contribution < -0.4 is 10.2 Å². The summed E-state index contributed by atoms with van der Waals surface area (Å²) in [6, 6.07) is 7.17. The van der Waals surface area contributed by atoms with Crippen LogP contribution in [0.2, 0.25) is 5.22 Å². The summed E-state index contributed by atoms with van der Waals surface area (Å²) >= 11 is 5.74. The minimum Gasteiger partial charge on any atom is -0.445 e. The highest BCUT2D eigenvalue weighted by Crippen LogP contribution is 2.26. The highest BCUT2D eigenvalue weighted by molar-refractivity contribution is 6.28. The van der Waals surface area contributed by atoms with Crippen LogP contribution in [0.25, 0.3) is 6.08 Å². The van der Waals surface area contributed by atoms with Gasteiger partial charge in [-0.1, -0.05) is 0 Å². The lowest BCUT2D eigenvalue weighted by atomic mass is 10.2. The first-order valence-electron chi connectivity index (χ1n) is 11.3. The van der Waals surface area contributed by atoms with E-state index in [1.807, 2.05) is 6.92 Å². The summed E-state index contributed by atoms with van der Waals surface area (Å²) in [5.74, 6) is -1.05. The highest BCUT2D eigenvalue weighted by Gasteiger charge is 2.37. The van der Waals surface area contributed by atoms with E-state index in [1.165, 1.54) is 34.1 Å². The van der Waals surface area contributed by atoms with Gasteiger partial charge in [0, 0.05) is 31.3 Å². The zero-order chi connectivity index (χ0) is 25.7. The summed E-state index contributed by atoms with van der Waals surface area (Å²) in [6.45, 7) is 3.05. The molecule has 2 saturated heterocycles. The Morgan fingerprint density at radius 2 is 2.14 bits per heavy atom. The van der Waals surface area contributed by atoms with E-state index in [0.717, 1.165) is 6.07 Å². The number of furan rings is 1. The molecule has 4 rings (SSSR count). The monoisotopic (exact) mass is 521 g/mol. The van der Waals surface area contributed by atoms with Crippen molar-refractivity contribution < 1.29 is 37.4 Å². The molecular formula is C24H25ClFN3O7. The van der Waals surface area contributed by atoms with Crippen molar-refractivity contribution in [2.75, 3.05) is 43.1 Å². The van der Waals surface area contributed by atoms with Crippen LogP contribution in [0.15, 0.2) is 40.8 Å². The molecular weight excluding hydrogens is 497 g/mol. The van der Waals surface area contributed by atoms with Crippen LogP contribution in [0.3, 0.4) is 0 Å². The van der Waals surface area contributed by atoms with Gasteiger partial charge in [0.25, 0.3) is 5.91 Å². The minimum absolute atomic E-state index is 0.0717. The summed E-state index contributed by atoms with van der Waals surface area (Å²) < 4.78 is 36.0. The van der Waals surface area contributed by atoms with Gasteiger partial charge in [0.2, 0.25) is 5.91 Å². The van der Waals surface area contributed by atoms with Gasteiger partial charge in [-0.2, -0.15) is 0 Å². The molecule has 0 radical (unpaired) electrons. The second-order valence-corrected chi connectivity index (χ2v) is 8.40. The Balaban J connectivity index is 1.40. The molecule has 36 heavy (non-hydrogen) atoms. The van der Waals surface area contributed by atoms with Crippen molar-refractivity contribution in [2.45, 2.75) is 25.7 Å². The number of hydrogen-bond acceptors (Lipinski definition) is 7. The Labute approximate surface area is 211 Å². The second kappa shape index (κ2) is 11.5. The Morgan fingerprint density at radius 1 is 1.31 bits per heavy atom. The molecule has 2 aromatic rings. The Bertz CT molecular complexity index is 1150. The molecule has 2 atom stereocenters. The molecule has 2 fully saturated rings. The van der Waals surface area contributed by atoms with Crippen molar-refractivity contribution in [3.05, 3.63) is 53.2 Å². The van der Waals surface area contributed by atoms with Gasteiger partial charge < -0.3 is 28.4 Å². The lowest BCUT2D eigenvalue weighted by Gasteiger charge is -2.27. The Kier molecular flexibility index (Phi) is 8.24. The molecule has 192 valence electrons. The van der Waals surface area contributed by atoms with Crippen LogP contribution in [0.1, 0.15) is 19.1 Å². The molecule has 3 heterocycles. The van der Waals surface area contributed by atoms with Gasteiger partial charge in [-0.3, -0.25) is 14.9 Å². The van der Waals surface area contributed by atoms with Crippen LogP contribution in [-0.2, 0) is 23.8 Å². The fourth-order valence-electron chi connectivity index (χ4n) is 3.96. The van der Waals surface area contributed by atoms with Gasteiger partial charge in [-0.15, -0.1) is 0 Å². The molecule has 1 aromatic heterocycles. The van der Waals surface area contributed by atoms with Gasteiger partial charge in [-0.25, -0.2) is 9.18 Å².